The van der Waals surface area contributed by atoms with Crippen LogP contribution in [0.2, 0.25) is 0 Å². The molecule has 0 amide bonds. The van der Waals surface area contributed by atoms with E-state index in [1.54, 1.807) is 0 Å². The van der Waals surface area contributed by atoms with Gasteiger partial charge in [0.25, 0.3) is 0 Å². The molecule has 6 heteroatoms. The van der Waals surface area contributed by atoms with Crippen LogP contribution in [0.3, 0.4) is 0 Å². The molecule has 6 nitrogen and oxygen atoms in total. The summed E-state index contributed by atoms with van der Waals surface area (Å²) in [6.07, 6.45) is 9.26. The fraction of sp³-hybridized carbons (Fsp3) is 0.500. The van der Waals surface area contributed by atoms with Gasteiger partial charge in [-0.1, -0.05) is 13.8 Å². The average Bonchev–Trinajstić information content (AvgIpc) is 2.95. The SMILES string of the molecule is CCN(CC)C1CCc2c[nH]cc2C1.O=C(O)/C=C\C(=O)O. The quantitative estimate of drug-likeness (QED) is 0.723. The van der Waals surface area contributed by atoms with E-state index < -0.39 is 11.9 Å². The van der Waals surface area contributed by atoms with Gasteiger partial charge in [-0.25, -0.2) is 9.59 Å². The number of rotatable bonds is 5. The third-order valence-electron chi connectivity index (χ3n) is 3.83. The molecule has 0 aromatic carbocycles. The summed E-state index contributed by atoms with van der Waals surface area (Å²) in [6.45, 7) is 6.88. The predicted octanol–water partition coefficient (Wildman–Crippen LogP) is 1.93. The lowest BCUT2D eigenvalue weighted by Gasteiger charge is -2.32. The third-order valence-corrected chi connectivity index (χ3v) is 3.83. The van der Waals surface area contributed by atoms with Gasteiger partial charge in [0.2, 0.25) is 0 Å². The van der Waals surface area contributed by atoms with E-state index in [1.807, 2.05) is 0 Å². The number of aliphatic carboxylic acids is 2. The van der Waals surface area contributed by atoms with Gasteiger partial charge < -0.3 is 20.1 Å². The Morgan fingerprint density at radius 2 is 1.73 bits per heavy atom. The number of fused-ring (bicyclic) bond motifs is 1. The molecule has 22 heavy (non-hydrogen) atoms. The number of aromatic nitrogens is 1. The minimum absolute atomic E-state index is 0.558. The number of carboxylic acids is 2. The van der Waals surface area contributed by atoms with Crippen molar-refractivity contribution in [2.45, 2.75) is 39.2 Å². The second kappa shape index (κ2) is 9.04. The number of likely N-dealkylation sites (N-methyl/N-ethyl adjacent to an activating group) is 1. The van der Waals surface area contributed by atoms with Gasteiger partial charge in [-0.2, -0.15) is 0 Å². The maximum absolute atomic E-state index is 9.55. The molecule has 0 saturated heterocycles. The molecular formula is C16H24N2O4. The minimum atomic E-state index is -1.26. The summed E-state index contributed by atoms with van der Waals surface area (Å²) in [5.41, 5.74) is 3.07. The molecule has 1 unspecified atom stereocenters. The standard InChI is InChI=1S/C12H20N2.C4H4O4/c1-3-14(4-2)12-6-5-10-8-13-9-11(10)7-12;5-3(6)1-2-4(7)8/h8-9,12-13H,3-7H2,1-2H3;1-2H,(H,5,6)(H,7,8)/b;2-1-. The number of nitrogens with one attached hydrogen (secondary N) is 1. The molecule has 0 saturated carbocycles. The summed E-state index contributed by atoms with van der Waals surface area (Å²) in [6, 6.07) is 0.772. The number of carbonyl (C=O) groups is 2. The number of hydrogen-bond donors (Lipinski definition) is 3. The molecule has 1 atom stereocenters. The highest BCUT2D eigenvalue weighted by molar-refractivity contribution is 5.89. The summed E-state index contributed by atoms with van der Waals surface area (Å²) in [4.78, 5) is 24.9. The summed E-state index contributed by atoms with van der Waals surface area (Å²) < 4.78 is 0. The predicted molar refractivity (Wildman–Crippen MR) is 83.9 cm³/mol. The Bertz CT molecular complexity index is 502. The molecular weight excluding hydrogens is 284 g/mol. The second-order valence-electron chi connectivity index (χ2n) is 5.13. The van der Waals surface area contributed by atoms with E-state index in [-0.39, 0.29) is 0 Å². The molecule has 0 spiro atoms. The summed E-state index contributed by atoms with van der Waals surface area (Å²) in [5.74, 6) is -2.51. The Kier molecular flexibility index (Phi) is 7.39. The highest BCUT2D eigenvalue weighted by atomic mass is 16.4. The van der Waals surface area contributed by atoms with Gasteiger partial charge >= 0.3 is 11.9 Å². The van der Waals surface area contributed by atoms with E-state index in [2.05, 4.69) is 36.1 Å². The lowest BCUT2D eigenvalue weighted by molar-refractivity contribution is -0.134. The lowest BCUT2D eigenvalue weighted by Crippen LogP contribution is -2.38. The van der Waals surface area contributed by atoms with Crippen LogP contribution in [-0.2, 0) is 22.4 Å². The van der Waals surface area contributed by atoms with Crippen molar-refractivity contribution >= 4 is 11.9 Å². The first-order valence-electron chi connectivity index (χ1n) is 7.50. The van der Waals surface area contributed by atoms with Crippen LogP contribution < -0.4 is 0 Å². The zero-order valence-corrected chi connectivity index (χ0v) is 13.1. The van der Waals surface area contributed by atoms with Gasteiger partial charge in [0.15, 0.2) is 0 Å². The van der Waals surface area contributed by atoms with Crippen LogP contribution in [0, 0.1) is 0 Å². The molecule has 122 valence electrons. The second-order valence-corrected chi connectivity index (χ2v) is 5.13. The summed E-state index contributed by atoms with van der Waals surface area (Å²) in [5, 5.41) is 15.6. The van der Waals surface area contributed by atoms with Gasteiger partial charge in [0, 0.05) is 30.6 Å². The first kappa shape index (κ1) is 18.0. The number of aromatic amines is 1. The maximum atomic E-state index is 9.55. The maximum Gasteiger partial charge on any atom is 0.328 e. The van der Waals surface area contributed by atoms with Crippen molar-refractivity contribution in [3.63, 3.8) is 0 Å². The van der Waals surface area contributed by atoms with Crippen LogP contribution in [0.5, 0.6) is 0 Å². The monoisotopic (exact) mass is 308 g/mol. The van der Waals surface area contributed by atoms with E-state index in [0.29, 0.717) is 12.2 Å². The Balaban J connectivity index is 0.000000261. The fourth-order valence-corrected chi connectivity index (χ4v) is 2.72. The van der Waals surface area contributed by atoms with Crippen molar-refractivity contribution in [3.8, 4) is 0 Å². The number of H-pyrrole nitrogens is 1. The Morgan fingerprint density at radius 3 is 2.23 bits per heavy atom. The van der Waals surface area contributed by atoms with Crippen molar-refractivity contribution in [1.82, 2.24) is 9.88 Å². The summed E-state index contributed by atoms with van der Waals surface area (Å²) >= 11 is 0. The molecule has 1 aromatic rings. The molecule has 0 bridgehead atoms. The molecule has 0 aliphatic heterocycles. The Morgan fingerprint density at radius 1 is 1.18 bits per heavy atom. The summed E-state index contributed by atoms with van der Waals surface area (Å²) in [7, 11) is 0. The largest absolute Gasteiger partial charge is 0.478 e. The highest BCUT2D eigenvalue weighted by Gasteiger charge is 2.22. The molecule has 3 N–H and O–H groups in total. The van der Waals surface area contributed by atoms with Crippen molar-refractivity contribution < 1.29 is 19.8 Å². The van der Waals surface area contributed by atoms with E-state index in [0.717, 1.165) is 6.04 Å². The lowest BCUT2D eigenvalue weighted by atomic mass is 9.90. The van der Waals surface area contributed by atoms with Crippen molar-refractivity contribution in [1.29, 1.82) is 0 Å². The molecule has 1 heterocycles. The molecule has 1 aliphatic rings. The van der Waals surface area contributed by atoms with Gasteiger partial charge in [0.1, 0.15) is 0 Å². The van der Waals surface area contributed by atoms with E-state index in [9.17, 15) is 9.59 Å². The van der Waals surface area contributed by atoms with Gasteiger partial charge in [-0.05, 0) is 43.5 Å². The van der Waals surface area contributed by atoms with Crippen molar-refractivity contribution in [2.24, 2.45) is 0 Å². The molecule has 0 fully saturated rings. The molecule has 2 rings (SSSR count). The highest BCUT2D eigenvalue weighted by Crippen LogP contribution is 2.23. The van der Waals surface area contributed by atoms with Crippen LogP contribution in [0.15, 0.2) is 24.5 Å². The average molecular weight is 308 g/mol. The number of aryl methyl sites for hydroxylation is 1. The molecule has 1 aromatic heterocycles. The van der Waals surface area contributed by atoms with Crippen LogP contribution in [0.25, 0.3) is 0 Å². The zero-order valence-electron chi connectivity index (χ0n) is 13.1. The van der Waals surface area contributed by atoms with E-state index in [4.69, 9.17) is 10.2 Å². The minimum Gasteiger partial charge on any atom is -0.478 e. The Hall–Kier alpha value is -2.08. The van der Waals surface area contributed by atoms with Gasteiger partial charge in [0.05, 0.1) is 0 Å². The van der Waals surface area contributed by atoms with E-state index in [1.165, 1.54) is 43.5 Å². The van der Waals surface area contributed by atoms with Crippen molar-refractivity contribution in [3.05, 3.63) is 35.7 Å². The van der Waals surface area contributed by atoms with Gasteiger partial charge in [-0.3, -0.25) is 0 Å². The number of carboxylic acid groups (broad SMARTS) is 2. The van der Waals surface area contributed by atoms with Crippen LogP contribution in [0.1, 0.15) is 31.4 Å². The normalized spacial score (nSPS) is 17.0. The van der Waals surface area contributed by atoms with Crippen LogP contribution in [-0.4, -0.2) is 51.2 Å². The number of hydrogen-bond acceptors (Lipinski definition) is 3. The fourth-order valence-electron chi connectivity index (χ4n) is 2.72. The third kappa shape index (κ3) is 5.73. The van der Waals surface area contributed by atoms with Crippen LogP contribution >= 0.6 is 0 Å². The topological polar surface area (TPSA) is 93.6 Å². The molecule has 1 aliphatic carbocycles. The number of nitrogens with zero attached hydrogens (tertiary/aromatic N) is 1. The smallest absolute Gasteiger partial charge is 0.328 e. The molecule has 0 radical (unpaired) electrons. The van der Waals surface area contributed by atoms with Crippen LogP contribution in [0.4, 0.5) is 0 Å². The first-order valence-corrected chi connectivity index (χ1v) is 7.50. The zero-order chi connectivity index (χ0) is 16.5. The Labute approximate surface area is 130 Å². The van der Waals surface area contributed by atoms with Gasteiger partial charge in [-0.15, -0.1) is 0 Å². The first-order chi connectivity index (χ1) is 10.5. The van der Waals surface area contributed by atoms with E-state index >= 15 is 0 Å². The van der Waals surface area contributed by atoms with Crippen molar-refractivity contribution in [2.75, 3.05) is 13.1 Å².